The minimum atomic E-state index is -0.420. The van der Waals surface area contributed by atoms with E-state index >= 15 is 0 Å². The van der Waals surface area contributed by atoms with Crippen LogP contribution in [0.15, 0.2) is 30.3 Å². The molecular formula is C17H22N6O2. The zero-order valence-corrected chi connectivity index (χ0v) is 14.2. The van der Waals surface area contributed by atoms with Crippen molar-refractivity contribution in [2.75, 3.05) is 23.3 Å². The fraction of sp³-hybridized carbons (Fsp3) is 0.412. The summed E-state index contributed by atoms with van der Waals surface area (Å²) in [6.07, 6.45) is 2.77. The normalized spacial score (nSPS) is 16.9. The maximum absolute atomic E-state index is 10.9. The summed E-state index contributed by atoms with van der Waals surface area (Å²) in [6.45, 7) is 3.75. The average molecular weight is 342 g/mol. The third-order valence-electron chi connectivity index (χ3n) is 4.13. The van der Waals surface area contributed by atoms with Crippen LogP contribution in [0, 0.1) is 10.1 Å². The summed E-state index contributed by atoms with van der Waals surface area (Å²) in [4.78, 5) is 21.8. The third-order valence-corrected chi connectivity index (χ3v) is 4.13. The van der Waals surface area contributed by atoms with Crippen molar-refractivity contribution in [3.63, 3.8) is 0 Å². The molecule has 2 heterocycles. The highest BCUT2D eigenvalue weighted by Gasteiger charge is 2.21. The Morgan fingerprint density at radius 2 is 2.24 bits per heavy atom. The van der Waals surface area contributed by atoms with E-state index in [1.54, 1.807) is 12.1 Å². The van der Waals surface area contributed by atoms with Gasteiger partial charge in [-0.2, -0.15) is 4.98 Å². The van der Waals surface area contributed by atoms with Crippen LogP contribution in [0.25, 0.3) is 0 Å². The molecule has 0 amide bonds. The van der Waals surface area contributed by atoms with E-state index in [1.807, 2.05) is 6.07 Å². The van der Waals surface area contributed by atoms with Crippen molar-refractivity contribution in [1.82, 2.24) is 9.97 Å². The fourth-order valence-electron chi connectivity index (χ4n) is 2.91. The molecule has 0 bridgehead atoms. The maximum Gasteiger partial charge on any atom is 0.271 e. The van der Waals surface area contributed by atoms with Crippen LogP contribution in [0.2, 0.25) is 0 Å². The Kier molecular flexibility index (Phi) is 5.08. The highest BCUT2D eigenvalue weighted by molar-refractivity contribution is 5.59. The van der Waals surface area contributed by atoms with Gasteiger partial charge in [0.15, 0.2) is 0 Å². The summed E-state index contributed by atoms with van der Waals surface area (Å²) < 4.78 is 0. The van der Waals surface area contributed by atoms with Gasteiger partial charge in [0.1, 0.15) is 5.82 Å². The first kappa shape index (κ1) is 17.1. The van der Waals surface area contributed by atoms with Gasteiger partial charge in [-0.05, 0) is 18.9 Å². The van der Waals surface area contributed by atoms with Gasteiger partial charge in [0, 0.05) is 48.7 Å². The molecule has 3 N–H and O–H groups in total. The Morgan fingerprint density at radius 3 is 2.92 bits per heavy atom. The molecular weight excluding hydrogens is 320 g/mol. The Bertz CT molecular complexity index is 767. The summed E-state index contributed by atoms with van der Waals surface area (Å²) in [5.41, 5.74) is 7.56. The number of nitro benzene ring substituents is 1. The Balaban J connectivity index is 1.88. The highest BCUT2D eigenvalue weighted by Crippen LogP contribution is 2.24. The summed E-state index contributed by atoms with van der Waals surface area (Å²) in [5, 5.41) is 14.0. The minimum Gasteiger partial charge on any atom is -0.355 e. The van der Waals surface area contributed by atoms with Crippen LogP contribution in [0.3, 0.4) is 0 Å². The van der Waals surface area contributed by atoms with E-state index in [2.05, 4.69) is 27.1 Å². The van der Waals surface area contributed by atoms with E-state index < -0.39 is 4.92 Å². The number of aryl methyl sites for hydroxylation is 1. The number of anilines is 3. The average Bonchev–Trinajstić information content (AvgIpc) is 3.02. The molecule has 25 heavy (non-hydrogen) atoms. The number of benzene rings is 1. The van der Waals surface area contributed by atoms with Gasteiger partial charge in [0.2, 0.25) is 5.95 Å². The molecule has 3 rings (SSSR count). The fourth-order valence-corrected chi connectivity index (χ4v) is 2.91. The Morgan fingerprint density at radius 1 is 1.40 bits per heavy atom. The summed E-state index contributed by atoms with van der Waals surface area (Å²) >= 11 is 0. The molecule has 1 saturated heterocycles. The van der Waals surface area contributed by atoms with Gasteiger partial charge in [-0.3, -0.25) is 10.1 Å². The minimum absolute atomic E-state index is 0.0282. The van der Waals surface area contributed by atoms with Crippen molar-refractivity contribution in [2.24, 2.45) is 5.73 Å². The number of nitrogens with one attached hydrogen (secondary N) is 1. The maximum atomic E-state index is 10.9. The number of nitro groups is 1. The SMILES string of the molecule is CCCc1cc(N2CC[C@H](N)C2)nc(Nc2cccc([N+](=O)[O-])c2)n1. The molecule has 2 aromatic rings. The van der Waals surface area contributed by atoms with Crippen molar-refractivity contribution in [2.45, 2.75) is 32.2 Å². The van der Waals surface area contributed by atoms with E-state index in [9.17, 15) is 10.1 Å². The number of rotatable bonds is 6. The third kappa shape index (κ3) is 4.21. The predicted octanol–water partition coefficient (Wildman–Crippen LogP) is 2.62. The molecule has 132 valence electrons. The van der Waals surface area contributed by atoms with Crippen LogP contribution in [-0.2, 0) is 6.42 Å². The molecule has 0 unspecified atom stereocenters. The van der Waals surface area contributed by atoms with Crippen molar-refractivity contribution < 1.29 is 4.92 Å². The monoisotopic (exact) mass is 342 g/mol. The highest BCUT2D eigenvalue weighted by atomic mass is 16.6. The predicted molar refractivity (Wildman–Crippen MR) is 97.2 cm³/mol. The molecule has 1 atom stereocenters. The summed E-state index contributed by atoms with van der Waals surface area (Å²) in [7, 11) is 0. The molecule has 8 heteroatoms. The van der Waals surface area contributed by atoms with E-state index in [4.69, 9.17) is 5.73 Å². The molecule has 0 saturated carbocycles. The van der Waals surface area contributed by atoms with E-state index in [1.165, 1.54) is 12.1 Å². The number of non-ortho nitro benzene ring substituents is 1. The van der Waals surface area contributed by atoms with Crippen LogP contribution in [0.4, 0.5) is 23.1 Å². The summed E-state index contributed by atoms with van der Waals surface area (Å²) in [5.74, 6) is 1.29. The molecule has 1 aromatic heterocycles. The lowest BCUT2D eigenvalue weighted by Crippen LogP contribution is -2.27. The van der Waals surface area contributed by atoms with Crippen molar-refractivity contribution in [3.8, 4) is 0 Å². The number of nitrogens with zero attached hydrogens (tertiary/aromatic N) is 4. The first-order valence-electron chi connectivity index (χ1n) is 8.45. The lowest BCUT2D eigenvalue weighted by Gasteiger charge is -2.18. The van der Waals surface area contributed by atoms with Crippen molar-refractivity contribution in [1.29, 1.82) is 0 Å². The lowest BCUT2D eigenvalue weighted by atomic mass is 10.2. The van der Waals surface area contributed by atoms with Gasteiger partial charge < -0.3 is 16.0 Å². The molecule has 1 aliphatic rings. The quantitative estimate of drug-likeness (QED) is 0.613. The molecule has 1 aliphatic heterocycles. The number of hydrogen-bond donors (Lipinski definition) is 2. The van der Waals surface area contributed by atoms with E-state index in [0.717, 1.165) is 43.9 Å². The topological polar surface area (TPSA) is 110 Å². The molecule has 0 spiro atoms. The van der Waals surface area contributed by atoms with Crippen LogP contribution < -0.4 is 16.0 Å². The first-order chi connectivity index (χ1) is 12.0. The van der Waals surface area contributed by atoms with Gasteiger partial charge in [-0.1, -0.05) is 19.4 Å². The second kappa shape index (κ2) is 7.43. The molecule has 1 aromatic carbocycles. The largest absolute Gasteiger partial charge is 0.355 e. The number of nitrogens with two attached hydrogens (primary N) is 1. The Labute approximate surface area is 146 Å². The van der Waals surface area contributed by atoms with Gasteiger partial charge in [-0.25, -0.2) is 4.98 Å². The van der Waals surface area contributed by atoms with Crippen LogP contribution >= 0.6 is 0 Å². The van der Waals surface area contributed by atoms with Gasteiger partial charge in [-0.15, -0.1) is 0 Å². The summed E-state index contributed by atoms with van der Waals surface area (Å²) in [6, 6.07) is 8.49. The van der Waals surface area contributed by atoms with Gasteiger partial charge >= 0.3 is 0 Å². The van der Waals surface area contributed by atoms with E-state index in [-0.39, 0.29) is 11.7 Å². The zero-order valence-electron chi connectivity index (χ0n) is 14.2. The molecule has 1 fully saturated rings. The molecule has 0 aliphatic carbocycles. The molecule has 8 nitrogen and oxygen atoms in total. The molecule has 0 radical (unpaired) electrons. The smallest absolute Gasteiger partial charge is 0.271 e. The van der Waals surface area contributed by atoms with Crippen molar-refractivity contribution >= 4 is 23.1 Å². The van der Waals surface area contributed by atoms with Crippen LogP contribution in [-0.4, -0.2) is 34.0 Å². The first-order valence-corrected chi connectivity index (χ1v) is 8.45. The second-order valence-corrected chi connectivity index (χ2v) is 6.22. The van der Waals surface area contributed by atoms with E-state index in [0.29, 0.717) is 11.6 Å². The lowest BCUT2D eigenvalue weighted by molar-refractivity contribution is -0.384. The number of hydrogen-bond acceptors (Lipinski definition) is 7. The standard InChI is InChI=1S/C17H22N6O2/c1-2-4-13-10-16(22-8-7-12(18)11-22)21-17(19-13)20-14-5-3-6-15(9-14)23(24)25/h3,5-6,9-10,12H,2,4,7-8,11,18H2,1H3,(H,19,20,21)/t12-/m0/s1. The zero-order chi connectivity index (χ0) is 17.8. The second-order valence-electron chi connectivity index (χ2n) is 6.22. The Hall–Kier alpha value is -2.74. The van der Waals surface area contributed by atoms with Crippen LogP contribution in [0.5, 0.6) is 0 Å². The van der Waals surface area contributed by atoms with Gasteiger partial charge in [0.05, 0.1) is 4.92 Å². The van der Waals surface area contributed by atoms with Gasteiger partial charge in [0.25, 0.3) is 5.69 Å². The van der Waals surface area contributed by atoms with Crippen LogP contribution in [0.1, 0.15) is 25.5 Å². The van der Waals surface area contributed by atoms with Crippen molar-refractivity contribution in [3.05, 3.63) is 46.1 Å². The number of aromatic nitrogens is 2.